The molecule has 1 aliphatic carbocycles. The second kappa shape index (κ2) is 2.16. The van der Waals surface area contributed by atoms with Gasteiger partial charge in [0.2, 0.25) is 0 Å². The van der Waals surface area contributed by atoms with E-state index in [1.54, 1.807) is 0 Å². The first-order chi connectivity index (χ1) is 5.16. The van der Waals surface area contributed by atoms with Crippen LogP contribution in [0.3, 0.4) is 0 Å². The van der Waals surface area contributed by atoms with Crippen LogP contribution in [0.15, 0.2) is 0 Å². The molecule has 64 valence electrons. The van der Waals surface area contributed by atoms with E-state index in [4.69, 9.17) is 0 Å². The zero-order chi connectivity index (χ0) is 7.95. The summed E-state index contributed by atoms with van der Waals surface area (Å²) in [5.41, 5.74) is -0.599. The molecule has 1 saturated heterocycles. The van der Waals surface area contributed by atoms with Gasteiger partial charge in [0.15, 0.2) is 0 Å². The van der Waals surface area contributed by atoms with Gasteiger partial charge in [0.25, 0.3) is 5.92 Å². The van der Waals surface area contributed by atoms with Crippen molar-refractivity contribution in [2.24, 2.45) is 5.41 Å². The lowest BCUT2D eigenvalue weighted by atomic mass is 9.60. The first-order valence-corrected chi connectivity index (χ1v) is 4.25. The van der Waals surface area contributed by atoms with Crippen LogP contribution < -0.4 is 5.32 Å². The molecule has 1 heterocycles. The number of piperidine rings is 1. The van der Waals surface area contributed by atoms with Crippen molar-refractivity contribution in [2.75, 3.05) is 13.1 Å². The van der Waals surface area contributed by atoms with Crippen LogP contribution in [0.1, 0.15) is 25.7 Å². The van der Waals surface area contributed by atoms with E-state index in [-0.39, 0.29) is 6.42 Å². The molecule has 1 aliphatic heterocycles. The van der Waals surface area contributed by atoms with Gasteiger partial charge in [0, 0.05) is 11.8 Å². The Kier molecular flexibility index (Phi) is 1.46. The summed E-state index contributed by atoms with van der Waals surface area (Å²) < 4.78 is 26.1. The molecule has 3 heteroatoms. The van der Waals surface area contributed by atoms with Crippen LogP contribution >= 0.6 is 0 Å². The van der Waals surface area contributed by atoms with Gasteiger partial charge in [-0.05, 0) is 32.4 Å². The second-order valence-electron chi connectivity index (χ2n) is 3.73. The van der Waals surface area contributed by atoms with Gasteiger partial charge in [-0.1, -0.05) is 0 Å². The molecule has 0 atom stereocenters. The molecule has 2 fully saturated rings. The maximum atomic E-state index is 13.1. The summed E-state index contributed by atoms with van der Waals surface area (Å²) >= 11 is 0. The number of nitrogens with one attached hydrogen (secondary N) is 1. The maximum absolute atomic E-state index is 13.1. The highest BCUT2D eigenvalue weighted by molar-refractivity contribution is 5.03. The van der Waals surface area contributed by atoms with Gasteiger partial charge in [-0.2, -0.15) is 0 Å². The molecule has 0 aromatic carbocycles. The predicted molar refractivity (Wildman–Crippen MR) is 38.7 cm³/mol. The molecule has 0 aromatic heterocycles. The Morgan fingerprint density at radius 1 is 0.909 bits per heavy atom. The highest BCUT2D eigenvalue weighted by Gasteiger charge is 2.60. The van der Waals surface area contributed by atoms with E-state index < -0.39 is 11.3 Å². The summed E-state index contributed by atoms with van der Waals surface area (Å²) in [5.74, 6) is -2.35. The van der Waals surface area contributed by atoms with Crippen molar-refractivity contribution < 1.29 is 8.78 Å². The molecule has 0 bridgehead atoms. The van der Waals surface area contributed by atoms with E-state index in [0.29, 0.717) is 12.8 Å². The molecule has 1 saturated carbocycles. The van der Waals surface area contributed by atoms with Crippen molar-refractivity contribution >= 4 is 0 Å². The molecule has 0 radical (unpaired) electrons. The predicted octanol–water partition coefficient (Wildman–Crippen LogP) is 1.79. The Morgan fingerprint density at radius 3 is 1.82 bits per heavy atom. The second-order valence-corrected chi connectivity index (χ2v) is 3.73. The fraction of sp³-hybridized carbons (Fsp3) is 1.00. The van der Waals surface area contributed by atoms with Crippen LogP contribution in [0, 0.1) is 5.41 Å². The topological polar surface area (TPSA) is 12.0 Å². The van der Waals surface area contributed by atoms with Crippen molar-refractivity contribution in [1.82, 2.24) is 5.32 Å². The van der Waals surface area contributed by atoms with Gasteiger partial charge in [-0.25, -0.2) is 8.78 Å². The lowest BCUT2D eigenvalue weighted by Gasteiger charge is -2.51. The van der Waals surface area contributed by atoms with Crippen molar-refractivity contribution in [2.45, 2.75) is 31.6 Å². The van der Waals surface area contributed by atoms with E-state index in [1.165, 1.54) is 0 Å². The normalized spacial score (nSPS) is 33.3. The van der Waals surface area contributed by atoms with E-state index in [1.807, 2.05) is 0 Å². The fourth-order valence-electron chi connectivity index (χ4n) is 2.19. The van der Waals surface area contributed by atoms with Crippen LogP contribution in [0.5, 0.6) is 0 Å². The Morgan fingerprint density at radius 2 is 1.55 bits per heavy atom. The highest BCUT2D eigenvalue weighted by atomic mass is 19.3. The summed E-state index contributed by atoms with van der Waals surface area (Å²) in [4.78, 5) is 0. The van der Waals surface area contributed by atoms with Crippen molar-refractivity contribution in [3.05, 3.63) is 0 Å². The highest BCUT2D eigenvalue weighted by Crippen LogP contribution is 2.58. The number of halogens is 2. The van der Waals surface area contributed by atoms with Gasteiger partial charge in [0.1, 0.15) is 0 Å². The van der Waals surface area contributed by atoms with Gasteiger partial charge in [0.05, 0.1) is 0 Å². The minimum absolute atomic E-state index is 0.118. The van der Waals surface area contributed by atoms with Gasteiger partial charge in [-0.15, -0.1) is 0 Å². The quantitative estimate of drug-likeness (QED) is 0.571. The number of alkyl halides is 2. The van der Waals surface area contributed by atoms with Crippen LogP contribution in [0.2, 0.25) is 0 Å². The largest absolute Gasteiger partial charge is 0.317 e. The SMILES string of the molecule is FC1(F)CCC12CCNCC2. The molecule has 0 amide bonds. The lowest BCUT2D eigenvalue weighted by Crippen LogP contribution is -2.55. The summed E-state index contributed by atoms with van der Waals surface area (Å²) in [6.07, 6.45) is 2.19. The minimum Gasteiger partial charge on any atom is -0.317 e. The molecule has 0 unspecified atom stereocenters. The molecular weight excluding hydrogens is 148 g/mol. The molecule has 1 nitrogen and oxygen atoms in total. The summed E-state index contributed by atoms with van der Waals surface area (Å²) in [6.45, 7) is 1.55. The zero-order valence-electron chi connectivity index (χ0n) is 6.50. The van der Waals surface area contributed by atoms with Gasteiger partial charge < -0.3 is 5.32 Å². The third-order valence-corrected chi connectivity index (χ3v) is 3.25. The molecule has 2 aliphatic rings. The van der Waals surface area contributed by atoms with Crippen LogP contribution in [-0.2, 0) is 0 Å². The van der Waals surface area contributed by atoms with Crippen LogP contribution in [0.25, 0.3) is 0 Å². The van der Waals surface area contributed by atoms with E-state index in [0.717, 1.165) is 19.5 Å². The molecule has 11 heavy (non-hydrogen) atoms. The van der Waals surface area contributed by atoms with Crippen LogP contribution in [0.4, 0.5) is 8.78 Å². The number of hydrogen-bond acceptors (Lipinski definition) is 1. The average Bonchev–Trinajstić information content (AvgIpc) is 2.04. The average molecular weight is 161 g/mol. The monoisotopic (exact) mass is 161 g/mol. The zero-order valence-corrected chi connectivity index (χ0v) is 6.50. The van der Waals surface area contributed by atoms with Gasteiger partial charge in [-0.3, -0.25) is 0 Å². The first kappa shape index (κ1) is 7.47. The van der Waals surface area contributed by atoms with Crippen molar-refractivity contribution in [3.8, 4) is 0 Å². The van der Waals surface area contributed by atoms with Gasteiger partial charge >= 0.3 is 0 Å². The lowest BCUT2D eigenvalue weighted by molar-refractivity contribution is -0.212. The molecule has 2 rings (SSSR count). The maximum Gasteiger partial charge on any atom is 0.253 e. The Balaban J connectivity index is 2.09. The van der Waals surface area contributed by atoms with Crippen LogP contribution in [-0.4, -0.2) is 19.0 Å². The molecule has 1 spiro atoms. The fourth-order valence-corrected chi connectivity index (χ4v) is 2.19. The van der Waals surface area contributed by atoms with Crippen molar-refractivity contribution in [1.29, 1.82) is 0 Å². The molecular formula is C8H13F2N. The van der Waals surface area contributed by atoms with E-state index in [2.05, 4.69) is 5.32 Å². The van der Waals surface area contributed by atoms with E-state index >= 15 is 0 Å². The van der Waals surface area contributed by atoms with Crippen molar-refractivity contribution in [3.63, 3.8) is 0 Å². The number of hydrogen-bond donors (Lipinski definition) is 1. The Hall–Kier alpha value is -0.180. The minimum atomic E-state index is -2.35. The Bertz CT molecular complexity index is 161. The molecule has 1 N–H and O–H groups in total. The number of rotatable bonds is 0. The third kappa shape index (κ3) is 0.901. The third-order valence-electron chi connectivity index (χ3n) is 3.25. The smallest absolute Gasteiger partial charge is 0.253 e. The summed E-state index contributed by atoms with van der Waals surface area (Å²) in [6, 6.07) is 0. The standard InChI is InChI=1S/C8H13F2N/c9-8(10)2-1-7(8)3-5-11-6-4-7/h11H,1-6H2. The first-order valence-electron chi connectivity index (χ1n) is 4.25. The summed E-state index contributed by atoms with van der Waals surface area (Å²) in [7, 11) is 0. The Labute approximate surface area is 65.2 Å². The van der Waals surface area contributed by atoms with E-state index in [9.17, 15) is 8.78 Å². The molecule has 0 aromatic rings. The summed E-state index contributed by atoms with van der Waals surface area (Å²) in [5, 5.41) is 3.11.